The number of morpholine rings is 1. The van der Waals surface area contributed by atoms with Crippen LogP contribution in [0.1, 0.15) is 60.3 Å². The van der Waals surface area contributed by atoms with Gasteiger partial charge in [-0.3, -0.25) is 24.0 Å². The molecule has 1 aromatic heterocycles. The van der Waals surface area contributed by atoms with Gasteiger partial charge in [0.1, 0.15) is 0 Å². The number of carbonyl (C=O) groups is 1. The molecule has 2 aliphatic rings. The van der Waals surface area contributed by atoms with E-state index in [1.54, 1.807) is 4.57 Å². The number of rotatable bonds is 10. The minimum absolute atomic E-state index is 0.0890. The van der Waals surface area contributed by atoms with Gasteiger partial charge in [-0.2, -0.15) is 0 Å². The van der Waals surface area contributed by atoms with Gasteiger partial charge in [0.15, 0.2) is 0 Å². The van der Waals surface area contributed by atoms with E-state index in [0.717, 1.165) is 82.1 Å². The number of nitrogens with one attached hydrogen (secondary N) is 1. The van der Waals surface area contributed by atoms with Crippen LogP contribution in [0, 0.1) is 5.92 Å². The van der Waals surface area contributed by atoms with Crippen LogP contribution in [0.3, 0.4) is 0 Å². The zero-order valence-electron chi connectivity index (χ0n) is 25.8. The summed E-state index contributed by atoms with van der Waals surface area (Å²) < 4.78 is 7.30. The molecule has 4 aromatic rings. The Hall–Kier alpha value is -3.78. The molecule has 0 spiro atoms. The first-order valence-corrected chi connectivity index (χ1v) is 16.2. The van der Waals surface area contributed by atoms with E-state index in [4.69, 9.17) is 4.74 Å². The fraction of sp³-hybridized carbons (Fsp3) is 0.405. The highest BCUT2D eigenvalue weighted by Crippen LogP contribution is 2.28. The lowest BCUT2D eigenvalue weighted by atomic mass is 9.92. The second kappa shape index (κ2) is 14.3. The fourth-order valence-electron chi connectivity index (χ4n) is 6.82. The van der Waals surface area contributed by atoms with Crippen molar-refractivity contribution < 1.29 is 9.53 Å². The van der Waals surface area contributed by atoms with Gasteiger partial charge >= 0.3 is 0 Å². The van der Waals surface area contributed by atoms with Crippen LogP contribution in [0.2, 0.25) is 0 Å². The third-order valence-corrected chi connectivity index (χ3v) is 9.38. The summed E-state index contributed by atoms with van der Waals surface area (Å²) in [5.41, 5.74) is 3.11. The van der Waals surface area contributed by atoms with Crippen molar-refractivity contribution in [2.75, 3.05) is 45.9 Å². The molecule has 1 N–H and O–H groups in total. The Morgan fingerprint density at radius 1 is 0.841 bits per heavy atom. The standard InChI is InChI=1S/C37H44N4O3/c1-2-33(29-11-5-3-6-12-29)38-36(42)35-31-15-9-10-16-32(31)37(43)41(30-13-7-4-8-14-30)34(35)27-40-21-18-28(19-22-40)17-20-39-23-25-44-26-24-39/h3-16,28,33H,2,17-27H2,1H3,(H,38,42)/t33-/m0/s1. The number of fused-ring (bicyclic) bond motifs is 1. The highest BCUT2D eigenvalue weighted by molar-refractivity contribution is 6.08. The van der Waals surface area contributed by atoms with Crippen LogP contribution in [0.25, 0.3) is 16.5 Å². The van der Waals surface area contributed by atoms with Gasteiger partial charge < -0.3 is 10.1 Å². The van der Waals surface area contributed by atoms with Gasteiger partial charge in [0, 0.05) is 36.1 Å². The van der Waals surface area contributed by atoms with Crippen molar-refractivity contribution in [3.63, 3.8) is 0 Å². The molecule has 2 fully saturated rings. The maximum atomic E-state index is 14.4. The number of pyridine rings is 1. The van der Waals surface area contributed by atoms with Crippen LogP contribution in [-0.4, -0.2) is 66.2 Å². The maximum absolute atomic E-state index is 14.4. The summed E-state index contributed by atoms with van der Waals surface area (Å²) in [4.78, 5) is 33.5. The Balaban J connectivity index is 1.33. The van der Waals surface area contributed by atoms with Crippen molar-refractivity contribution >= 4 is 16.7 Å². The lowest BCUT2D eigenvalue weighted by molar-refractivity contribution is 0.0334. The van der Waals surface area contributed by atoms with Gasteiger partial charge in [-0.05, 0) is 75.0 Å². The number of amides is 1. The molecule has 0 saturated carbocycles. The second-order valence-corrected chi connectivity index (χ2v) is 12.2. The van der Waals surface area contributed by atoms with Crippen molar-refractivity contribution in [1.82, 2.24) is 19.7 Å². The number of ether oxygens (including phenoxy) is 1. The van der Waals surface area contributed by atoms with Gasteiger partial charge in [0.05, 0.1) is 30.5 Å². The summed E-state index contributed by atoms with van der Waals surface area (Å²) in [6, 6.07) is 27.3. The van der Waals surface area contributed by atoms with E-state index >= 15 is 0 Å². The minimum atomic E-state index is -0.142. The number of likely N-dealkylation sites (tertiary alicyclic amines) is 1. The lowest BCUT2D eigenvalue weighted by Crippen LogP contribution is -2.40. The number of para-hydroxylation sites is 1. The van der Waals surface area contributed by atoms with Crippen molar-refractivity contribution in [2.24, 2.45) is 5.92 Å². The molecular formula is C37H44N4O3. The Morgan fingerprint density at radius 3 is 2.16 bits per heavy atom. The molecule has 1 atom stereocenters. The first-order valence-electron chi connectivity index (χ1n) is 16.2. The summed E-state index contributed by atoms with van der Waals surface area (Å²) in [7, 11) is 0. The molecule has 0 unspecified atom stereocenters. The Labute approximate surface area is 260 Å². The van der Waals surface area contributed by atoms with Gasteiger partial charge in [-0.25, -0.2) is 0 Å². The molecule has 0 aliphatic carbocycles. The summed E-state index contributed by atoms with van der Waals surface area (Å²) in [6.45, 7) is 9.41. The van der Waals surface area contributed by atoms with Gasteiger partial charge in [-0.1, -0.05) is 73.7 Å². The third kappa shape index (κ3) is 6.80. The van der Waals surface area contributed by atoms with Crippen molar-refractivity contribution in [3.05, 3.63) is 112 Å². The van der Waals surface area contributed by atoms with Crippen LogP contribution in [0.4, 0.5) is 0 Å². The molecule has 230 valence electrons. The number of aromatic nitrogens is 1. The molecule has 2 saturated heterocycles. The molecule has 0 radical (unpaired) electrons. The number of piperidine rings is 1. The Morgan fingerprint density at radius 2 is 1.48 bits per heavy atom. The summed E-state index contributed by atoms with van der Waals surface area (Å²) in [5, 5.41) is 4.60. The van der Waals surface area contributed by atoms with E-state index in [-0.39, 0.29) is 17.5 Å². The molecule has 0 bridgehead atoms. The van der Waals surface area contributed by atoms with E-state index in [2.05, 4.69) is 34.2 Å². The second-order valence-electron chi connectivity index (χ2n) is 12.2. The third-order valence-electron chi connectivity index (χ3n) is 9.38. The number of hydrogen-bond donors (Lipinski definition) is 1. The van der Waals surface area contributed by atoms with Gasteiger partial charge in [0.25, 0.3) is 11.5 Å². The zero-order valence-corrected chi connectivity index (χ0v) is 25.8. The quantitative estimate of drug-likeness (QED) is 0.252. The average Bonchev–Trinajstić information content (AvgIpc) is 3.08. The molecule has 44 heavy (non-hydrogen) atoms. The van der Waals surface area contributed by atoms with Crippen molar-refractivity contribution in [2.45, 2.75) is 45.2 Å². The average molecular weight is 593 g/mol. The zero-order chi connectivity index (χ0) is 30.3. The predicted molar refractivity (Wildman–Crippen MR) is 176 cm³/mol. The van der Waals surface area contributed by atoms with Gasteiger partial charge in [0.2, 0.25) is 0 Å². The fourth-order valence-corrected chi connectivity index (χ4v) is 6.82. The SMILES string of the molecule is CC[C@H](NC(=O)c1c(CN2CCC(CCN3CCOCC3)CC2)n(-c2ccccc2)c(=O)c2ccccc12)c1ccccc1. The molecule has 2 aliphatic heterocycles. The first kappa shape index (κ1) is 30.3. The summed E-state index contributed by atoms with van der Waals surface area (Å²) in [5.74, 6) is 0.554. The van der Waals surface area contributed by atoms with Gasteiger partial charge in [-0.15, -0.1) is 0 Å². The Bertz CT molecular complexity index is 1590. The Kier molecular flexibility index (Phi) is 9.86. The number of carbonyl (C=O) groups excluding carboxylic acids is 1. The molecule has 1 amide bonds. The van der Waals surface area contributed by atoms with E-state index in [0.29, 0.717) is 28.8 Å². The maximum Gasteiger partial charge on any atom is 0.263 e. The van der Waals surface area contributed by atoms with Crippen LogP contribution in [-0.2, 0) is 11.3 Å². The van der Waals surface area contributed by atoms with E-state index in [9.17, 15) is 9.59 Å². The largest absolute Gasteiger partial charge is 0.379 e. The molecule has 7 heteroatoms. The normalized spacial score (nSPS) is 17.5. The molecular weight excluding hydrogens is 548 g/mol. The van der Waals surface area contributed by atoms with Crippen LogP contribution < -0.4 is 10.9 Å². The van der Waals surface area contributed by atoms with Crippen molar-refractivity contribution in [1.29, 1.82) is 0 Å². The highest BCUT2D eigenvalue weighted by atomic mass is 16.5. The predicted octanol–water partition coefficient (Wildman–Crippen LogP) is 5.81. The summed E-state index contributed by atoms with van der Waals surface area (Å²) in [6.07, 6.45) is 4.23. The minimum Gasteiger partial charge on any atom is -0.379 e. The number of benzene rings is 3. The molecule has 7 nitrogen and oxygen atoms in total. The number of nitrogens with zero attached hydrogens (tertiary/aromatic N) is 3. The molecule has 3 aromatic carbocycles. The topological polar surface area (TPSA) is 66.8 Å². The van der Waals surface area contributed by atoms with Crippen LogP contribution in [0.15, 0.2) is 89.7 Å². The first-order chi connectivity index (χ1) is 21.6. The van der Waals surface area contributed by atoms with Crippen LogP contribution in [0.5, 0.6) is 0 Å². The van der Waals surface area contributed by atoms with Crippen molar-refractivity contribution in [3.8, 4) is 5.69 Å². The lowest BCUT2D eigenvalue weighted by Gasteiger charge is -2.34. The van der Waals surface area contributed by atoms with E-state index in [1.807, 2.05) is 72.8 Å². The molecule has 3 heterocycles. The summed E-state index contributed by atoms with van der Waals surface area (Å²) >= 11 is 0. The number of hydrogen-bond acceptors (Lipinski definition) is 5. The van der Waals surface area contributed by atoms with E-state index in [1.165, 1.54) is 6.42 Å². The van der Waals surface area contributed by atoms with Crippen LogP contribution >= 0.6 is 0 Å². The highest BCUT2D eigenvalue weighted by Gasteiger charge is 2.28. The monoisotopic (exact) mass is 592 g/mol. The smallest absolute Gasteiger partial charge is 0.263 e. The molecule has 6 rings (SSSR count). The van der Waals surface area contributed by atoms with E-state index < -0.39 is 0 Å².